The summed E-state index contributed by atoms with van der Waals surface area (Å²) in [4.78, 5) is 18.8. The molecule has 1 aliphatic carbocycles. The Morgan fingerprint density at radius 2 is 2.25 bits per heavy atom. The van der Waals surface area contributed by atoms with Crippen LogP contribution in [0.5, 0.6) is 0 Å². The Balaban J connectivity index is 1.51. The molecule has 102 valence electrons. The fourth-order valence-corrected chi connectivity index (χ4v) is 4.26. The molecule has 4 rings (SSSR count). The lowest BCUT2D eigenvalue weighted by atomic mass is 10.1. The van der Waals surface area contributed by atoms with Crippen molar-refractivity contribution in [3.05, 3.63) is 35.3 Å². The Bertz CT molecular complexity index is 658. The molecule has 1 amide bonds. The lowest BCUT2D eigenvalue weighted by Gasteiger charge is -2.25. The first-order valence-corrected chi connectivity index (χ1v) is 7.95. The van der Waals surface area contributed by atoms with Crippen LogP contribution in [0.3, 0.4) is 0 Å². The Labute approximate surface area is 121 Å². The summed E-state index contributed by atoms with van der Waals surface area (Å²) < 4.78 is 1.17. The van der Waals surface area contributed by atoms with Crippen molar-refractivity contribution in [2.45, 2.75) is 25.3 Å². The van der Waals surface area contributed by atoms with Gasteiger partial charge in [0.1, 0.15) is 5.01 Å². The van der Waals surface area contributed by atoms with Crippen molar-refractivity contribution in [2.75, 3.05) is 6.54 Å². The second-order valence-corrected chi connectivity index (χ2v) is 6.74. The molecule has 3 nitrogen and oxygen atoms in total. The van der Waals surface area contributed by atoms with E-state index in [4.69, 9.17) is 0 Å². The van der Waals surface area contributed by atoms with Gasteiger partial charge in [-0.05, 0) is 43.4 Å². The average molecular weight is 284 g/mol. The van der Waals surface area contributed by atoms with Crippen molar-refractivity contribution in [1.82, 2.24) is 9.88 Å². The van der Waals surface area contributed by atoms with Gasteiger partial charge in [-0.2, -0.15) is 0 Å². The topological polar surface area (TPSA) is 33.2 Å². The zero-order valence-corrected chi connectivity index (χ0v) is 12.0. The van der Waals surface area contributed by atoms with Crippen LogP contribution in [0, 0.1) is 5.92 Å². The summed E-state index contributed by atoms with van der Waals surface area (Å²) >= 11 is 1.63. The molecule has 4 heteroatoms. The predicted octanol–water partition coefficient (Wildman–Crippen LogP) is 3.32. The van der Waals surface area contributed by atoms with Gasteiger partial charge >= 0.3 is 0 Å². The molecule has 0 unspecified atom stereocenters. The zero-order valence-electron chi connectivity index (χ0n) is 11.2. The largest absolute Gasteiger partial charge is 0.336 e. The lowest BCUT2D eigenvalue weighted by molar-refractivity contribution is -0.127. The summed E-state index contributed by atoms with van der Waals surface area (Å²) in [7, 11) is 0. The number of likely N-dealkylation sites (tertiary alicyclic amines) is 1. The molecule has 1 aromatic heterocycles. The molecule has 0 radical (unpaired) electrons. The number of hydrogen-bond acceptors (Lipinski definition) is 3. The fourth-order valence-electron chi connectivity index (χ4n) is 3.39. The van der Waals surface area contributed by atoms with Gasteiger partial charge in [-0.1, -0.05) is 12.1 Å². The molecule has 20 heavy (non-hydrogen) atoms. The van der Waals surface area contributed by atoms with Crippen molar-refractivity contribution in [1.29, 1.82) is 0 Å². The van der Waals surface area contributed by atoms with Crippen molar-refractivity contribution in [3.8, 4) is 0 Å². The molecule has 1 aromatic carbocycles. The number of hydrogen-bond donors (Lipinski definition) is 0. The van der Waals surface area contributed by atoms with Crippen molar-refractivity contribution in [2.24, 2.45) is 5.92 Å². The summed E-state index contributed by atoms with van der Waals surface area (Å²) in [5.74, 6) is 0.899. The number of fused-ring (bicyclic) bond motifs is 3. The van der Waals surface area contributed by atoms with Crippen molar-refractivity contribution >= 4 is 33.5 Å². The highest BCUT2D eigenvalue weighted by Gasteiger charge is 2.39. The summed E-state index contributed by atoms with van der Waals surface area (Å²) in [6.07, 6.45) is 7.25. The number of rotatable bonds is 2. The summed E-state index contributed by atoms with van der Waals surface area (Å²) in [5, 5.41) is 0.906. The van der Waals surface area contributed by atoms with E-state index in [1.807, 2.05) is 29.2 Å². The van der Waals surface area contributed by atoms with Crippen LogP contribution < -0.4 is 0 Å². The van der Waals surface area contributed by atoms with Crippen LogP contribution in [0.1, 0.15) is 24.3 Å². The molecular weight excluding hydrogens is 268 g/mol. The number of benzene rings is 1. The summed E-state index contributed by atoms with van der Waals surface area (Å²) in [6.45, 7) is 0.952. The van der Waals surface area contributed by atoms with Gasteiger partial charge < -0.3 is 4.90 Å². The third kappa shape index (κ3) is 2.04. The van der Waals surface area contributed by atoms with E-state index in [0.717, 1.165) is 23.0 Å². The third-order valence-electron chi connectivity index (χ3n) is 4.37. The fraction of sp³-hybridized carbons (Fsp3) is 0.375. The second-order valence-electron chi connectivity index (χ2n) is 5.68. The van der Waals surface area contributed by atoms with Crippen LogP contribution in [-0.4, -0.2) is 28.4 Å². The van der Waals surface area contributed by atoms with Crippen LogP contribution in [-0.2, 0) is 4.79 Å². The molecule has 1 aliphatic heterocycles. The minimum absolute atomic E-state index is 0.149. The summed E-state index contributed by atoms with van der Waals surface area (Å²) in [6, 6.07) is 8.56. The average Bonchev–Trinajstić information content (AvgIpc) is 3.18. The first-order chi connectivity index (χ1) is 9.79. The maximum Gasteiger partial charge on any atom is 0.246 e. The van der Waals surface area contributed by atoms with Gasteiger partial charge in [0.2, 0.25) is 5.91 Å². The van der Waals surface area contributed by atoms with Gasteiger partial charge in [-0.3, -0.25) is 4.79 Å². The van der Waals surface area contributed by atoms with Crippen LogP contribution in [0.2, 0.25) is 0 Å². The third-order valence-corrected chi connectivity index (χ3v) is 5.37. The van der Waals surface area contributed by atoms with Crippen molar-refractivity contribution < 1.29 is 4.79 Å². The second kappa shape index (κ2) is 4.70. The first kappa shape index (κ1) is 12.1. The zero-order chi connectivity index (χ0) is 13.5. The standard InChI is InChI=1S/C16H16N2OS/c19-16(18-10-11-5-6-12(18)9-11)8-7-15-17-13-3-1-2-4-14(13)20-15/h1-4,7-8,11-12H,5-6,9-10H2/t11-,12-/m0/s1. The van der Waals surface area contributed by atoms with Crippen LogP contribution in [0.15, 0.2) is 30.3 Å². The number of piperidine rings is 1. The quantitative estimate of drug-likeness (QED) is 0.793. The van der Waals surface area contributed by atoms with Crippen molar-refractivity contribution in [3.63, 3.8) is 0 Å². The van der Waals surface area contributed by atoms with Gasteiger partial charge in [0.25, 0.3) is 0 Å². The molecule has 1 saturated heterocycles. The molecule has 2 aliphatic rings. The number of aromatic nitrogens is 1. The Hall–Kier alpha value is -1.68. The maximum atomic E-state index is 12.2. The van der Waals surface area contributed by atoms with Gasteiger partial charge in [0.15, 0.2) is 0 Å². The van der Waals surface area contributed by atoms with Crippen LogP contribution >= 0.6 is 11.3 Å². The molecule has 2 aromatic rings. The molecule has 1 saturated carbocycles. The van der Waals surface area contributed by atoms with Gasteiger partial charge in [-0.25, -0.2) is 4.98 Å². The predicted molar refractivity (Wildman–Crippen MR) is 81.5 cm³/mol. The SMILES string of the molecule is O=C(C=Cc1nc2ccccc2s1)N1C[C@H]2CC[C@H]1C2. The summed E-state index contributed by atoms with van der Waals surface area (Å²) in [5.41, 5.74) is 1.00. The molecule has 0 N–H and O–H groups in total. The smallest absolute Gasteiger partial charge is 0.246 e. The minimum atomic E-state index is 0.149. The number of amides is 1. The highest BCUT2D eigenvalue weighted by Crippen LogP contribution is 2.37. The molecular formula is C16H16N2OS. The first-order valence-electron chi connectivity index (χ1n) is 7.14. The number of carbonyl (C=O) groups excluding carboxylic acids is 1. The Kier molecular flexibility index (Phi) is 2.84. The highest BCUT2D eigenvalue weighted by atomic mass is 32.1. The number of nitrogens with zero attached hydrogens (tertiary/aromatic N) is 2. The van der Waals surface area contributed by atoms with Crippen LogP contribution in [0.25, 0.3) is 16.3 Å². The van der Waals surface area contributed by atoms with E-state index in [1.54, 1.807) is 17.4 Å². The Morgan fingerprint density at radius 3 is 3.00 bits per heavy atom. The minimum Gasteiger partial charge on any atom is -0.336 e. The van der Waals surface area contributed by atoms with Gasteiger partial charge in [0.05, 0.1) is 10.2 Å². The van der Waals surface area contributed by atoms with E-state index < -0.39 is 0 Å². The molecule has 2 heterocycles. The molecule has 2 atom stereocenters. The van der Waals surface area contributed by atoms with Crippen LogP contribution in [0.4, 0.5) is 0 Å². The van der Waals surface area contributed by atoms with E-state index in [2.05, 4.69) is 11.1 Å². The van der Waals surface area contributed by atoms with E-state index in [1.165, 1.54) is 24.0 Å². The van der Waals surface area contributed by atoms with E-state index >= 15 is 0 Å². The number of carbonyl (C=O) groups is 1. The van der Waals surface area contributed by atoms with Gasteiger partial charge in [-0.15, -0.1) is 11.3 Å². The molecule has 0 spiro atoms. The molecule has 2 bridgehead atoms. The molecule has 2 fully saturated rings. The monoisotopic (exact) mass is 284 g/mol. The number of thiazole rings is 1. The van der Waals surface area contributed by atoms with Gasteiger partial charge in [0, 0.05) is 18.7 Å². The maximum absolute atomic E-state index is 12.2. The number of para-hydroxylation sites is 1. The van der Waals surface area contributed by atoms with E-state index in [9.17, 15) is 4.79 Å². The Morgan fingerprint density at radius 1 is 1.35 bits per heavy atom. The van der Waals surface area contributed by atoms with E-state index in [0.29, 0.717) is 6.04 Å². The highest BCUT2D eigenvalue weighted by molar-refractivity contribution is 7.19. The van der Waals surface area contributed by atoms with E-state index in [-0.39, 0.29) is 5.91 Å². The lowest BCUT2D eigenvalue weighted by Crippen LogP contribution is -2.36. The normalized spacial score (nSPS) is 25.1.